The minimum atomic E-state index is -3.03. The summed E-state index contributed by atoms with van der Waals surface area (Å²) >= 11 is 0. The summed E-state index contributed by atoms with van der Waals surface area (Å²) in [5, 5.41) is 0. The summed E-state index contributed by atoms with van der Waals surface area (Å²) in [5.74, 6) is 2.31. The molecule has 2 fully saturated rings. The molecule has 7 nitrogen and oxygen atoms in total. The zero-order valence-electron chi connectivity index (χ0n) is 16.0. The van der Waals surface area contributed by atoms with E-state index in [4.69, 9.17) is 9.47 Å². The Kier molecular flexibility index (Phi) is 5.59. The van der Waals surface area contributed by atoms with Crippen molar-refractivity contribution in [3.63, 3.8) is 0 Å². The van der Waals surface area contributed by atoms with E-state index in [9.17, 15) is 8.42 Å². The van der Waals surface area contributed by atoms with Crippen LogP contribution >= 0.6 is 0 Å². The van der Waals surface area contributed by atoms with Crippen LogP contribution in [0.25, 0.3) is 0 Å². The minimum absolute atomic E-state index is 0.320. The molecule has 0 aliphatic carbocycles. The Morgan fingerprint density at radius 3 is 2.33 bits per heavy atom. The molecule has 27 heavy (non-hydrogen) atoms. The van der Waals surface area contributed by atoms with Crippen LogP contribution in [0.1, 0.15) is 18.4 Å². The van der Waals surface area contributed by atoms with Crippen LogP contribution in [-0.4, -0.2) is 81.4 Å². The Hall–Kier alpha value is -1.35. The van der Waals surface area contributed by atoms with Gasteiger partial charge < -0.3 is 14.4 Å². The summed E-state index contributed by atoms with van der Waals surface area (Å²) in [6.45, 7) is 8.00. The van der Waals surface area contributed by atoms with Crippen molar-refractivity contribution < 1.29 is 17.9 Å². The van der Waals surface area contributed by atoms with Crippen molar-refractivity contribution in [1.82, 2.24) is 14.1 Å². The van der Waals surface area contributed by atoms with E-state index in [1.165, 1.54) is 11.8 Å². The van der Waals surface area contributed by atoms with E-state index in [1.54, 1.807) is 4.31 Å². The molecule has 0 amide bonds. The topological polar surface area (TPSA) is 62.3 Å². The number of ether oxygens (including phenoxy) is 2. The van der Waals surface area contributed by atoms with E-state index in [0.717, 1.165) is 63.6 Å². The SMILES string of the molecule is CS(=O)(=O)N1CCC(CN2CCN(Cc3ccc4c(c3)OCO4)CC2)CC1. The summed E-state index contributed by atoms with van der Waals surface area (Å²) in [4.78, 5) is 5.03. The number of benzene rings is 1. The van der Waals surface area contributed by atoms with Crippen molar-refractivity contribution in [3.8, 4) is 11.5 Å². The molecule has 0 N–H and O–H groups in total. The highest BCUT2D eigenvalue weighted by atomic mass is 32.2. The van der Waals surface area contributed by atoms with E-state index in [1.807, 2.05) is 6.07 Å². The molecule has 3 heterocycles. The monoisotopic (exact) mass is 395 g/mol. The van der Waals surface area contributed by atoms with Gasteiger partial charge in [-0.2, -0.15) is 0 Å². The highest BCUT2D eigenvalue weighted by Crippen LogP contribution is 2.33. The molecule has 2 saturated heterocycles. The summed E-state index contributed by atoms with van der Waals surface area (Å²) < 4.78 is 35.7. The molecular formula is C19H29N3O4S. The Balaban J connectivity index is 1.20. The van der Waals surface area contributed by atoms with Crippen LogP contribution in [0.5, 0.6) is 11.5 Å². The molecule has 3 aliphatic heterocycles. The number of nitrogens with zero attached hydrogens (tertiary/aromatic N) is 3. The largest absolute Gasteiger partial charge is 0.454 e. The number of piperazine rings is 1. The lowest BCUT2D eigenvalue weighted by Crippen LogP contribution is -2.48. The third-order valence-corrected chi connectivity index (χ3v) is 7.17. The Bertz CT molecular complexity index is 754. The van der Waals surface area contributed by atoms with Crippen LogP contribution in [-0.2, 0) is 16.6 Å². The van der Waals surface area contributed by atoms with E-state index in [0.29, 0.717) is 25.8 Å². The van der Waals surface area contributed by atoms with Crippen molar-refractivity contribution in [2.45, 2.75) is 19.4 Å². The summed E-state index contributed by atoms with van der Waals surface area (Å²) in [6, 6.07) is 6.20. The van der Waals surface area contributed by atoms with Gasteiger partial charge >= 0.3 is 0 Å². The molecule has 1 aromatic carbocycles. The maximum Gasteiger partial charge on any atom is 0.231 e. The number of hydrogen-bond donors (Lipinski definition) is 0. The molecule has 4 rings (SSSR count). The fourth-order valence-corrected chi connectivity index (χ4v) is 5.09. The predicted octanol–water partition coefficient (Wildman–Crippen LogP) is 1.20. The molecule has 0 unspecified atom stereocenters. The average molecular weight is 396 g/mol. The van der Waals surface area contributed by atoms with Gasteiger partial charge in [0.25, 0.3) is 0 Å². The van der Waals surface area contributed by atoms with Crippen molar-refractivity contribution in [2.24, 2.45) is 5.92 Å². The zero-order chi connectivity index (χ0) is 18.9. The van der Waals surface area contributed by atoms with Gasteiger partial charge in [0.05, 0.1) is 6.26 Å². The smallest absolute Gasteiger partial charge is 0.231 e. The zero-order valence-corrected chi connectivity index (χ0v) is 16.8. The number of fused-ring (bicyclic) bond motifs is 1. The fourth-order valence-electron chi connectivity index (χ4n) is 4.22. The third-order valence-electron chi connectivity index (χ3n) is 5.87. The quantitative estimate of drug-likeness (QED) is 0.747. The Labute approximate surface area is 161 Å². The first-order valence-electron chi connectivity index (χ1n) is 9.76. The normalized spacial score (nSPS) is 23.0. The van der Waals surface area contributed by atoms with Gasteiger partial charge in [0.15, 0.2) is 11.5 Å². The summed E-state index contributed by atoms with van der Waals surface area (Å²) in [5.41, 5.74) is 1.26. The number of rotatable bonds is 5. The van der Waals surface area contributed by atoms with Crippen LogP contribution in [0.15, 0.2) is 18.2 Å². The average Bonchev–Trinajstić information content (AvgIpc) is 3.11. The first kappa shape index (κ1) is 19.0. The lowest BCUT2D eigenvalue weighted by atomic mass is 9.97. The highest BCUT2D eigenvalue weighted by molar-refractivity contribution is 7.88. The Morgan fingerprint density at radius 1 is 0.963 bits per heavy atom. The third kappa shape index (κ3) is 4.74. The van der Waals surface area contributed by atoms with Gasteiger partial charge in [-0.05, 0) is 36.5 Å². The lowest BCUT2D eigenvalue weighted by Gasteiger charge is -2.38. The maximum absolute atomic E-state index is 11.6. The molecule has 8 heteroatoms. The first-order valence-corrected chi connectivity index (χ1v) is 11.6. The summed E-state index contributed by atoms with van der Waals surface area (Å²) in [6.07, 6.45) is 3.27. The van der Waals surface area contributed by atoms with Gasteiger partial charge in [0, 0.05) is 52.4 Å². The molecule has 0 bridgehead atoms. The number of hydrogen-bond acceptors (Lipinski definition) is 6. The molecule has 0 spiro atoms. The number of piperidine rings is 1. The van der Waals surface area contributed by atoms with Gasteiger partial charge in [0.1, 0.15) is 0 Å². The van der Waals surface area contributed by atoms with Crippen LogP contribution in [0.2, 0.25) is 0 Å². The molecular weight excluding hydrogens is 366 g/mol. The molecule has 0 radical (unpaired) electrons. The van der Waals surface area contributed by atoms with Crippen LogP contribution in [0.4, 0.5) is 0 Å². The van der Waals surface area contributed by atoms with E-state index in [-0.39, 0.29) is 0 Å². The first-order chi connectivity index (χ1) is 13.0. The second-order valence-corrected chi connectivity index (χ2v) is 9.85. The van der Waals surface area contributed by atoms with Crippen LogP contribution in [0, 0.1) is 5.92 Å². The van der Waals surface area contributed by atoms with E-state index >= 15 is 0 Å². The van der Waals surface area contributed by atoms with E-state index < -0.39 is 10.0 Å². The van der Waals surface area contributed by atoms with Crippen LogP contribution < -0.4 is 9.47 Å². The summed E-state index contributed by atoms with van der Waals surface area (Å²) in [7, 11) is -3.03. The van der Waals surface area contributed by atoms with Gasteiger partial charge in [-0.15, -0.1) is 0 Å². The van der Waals surface area contributed by atoms with Gasteiger partial charge in [-0.25, -0.2) is 12.7 Å². The van der Waals surface area contributed by atoms with Crippen LogP contribution in [0.3, 0.4) is 0 Å². The van der Waals surface area contributed by atoms with Crippen molar-refractivity contribution in [2.75, 3.05) is 58.9 Å². The van der Waals surface area contributed by atoms with Crippen molar-refractivity contribution in [1.29, 1.82) is 0 Å². The molecule has 0 atom stereocenters. The molecule has 1 aromatic rings. The minimum Gasteiger partial charge on any atom is -0.454 e. The Morgan fingerprint density at radius 2 is 1.63 bits per heavy atom. The number of sulfonamides is 1. The highest BCUT2D eigenvalue weighted by Gasteiger charge is 2.27. The van der Waals surface area contributed by atoms with Gasteiger partial charge in [-0.1, -0.05) is 6.07 Å². The molecule has 3 aliphatic rings. The maximum atomic E-state index is 11.6. The lowest BCUT2D eigenvalue weighted by molar-refractivity contribution is 0.102. The second kappa shape index (κ2) is 7.95. The van der Waals surface area contributed by atoms with Crippen molar-refractivity contribution >= 4 is 10.0 Å². The van der Waals surface area contributed by atoms with Gasteiger partial charge in [-0.3, -0.25) is 4.90 Å². The fraction of sp³-hybridized carbons (Fsp3) is 0.684. The van der Waals surface area contributed by atoms with Gasteiger partial charge in [0.2, 0.25) is 16.8 Å². The standard InChI is InChI=1S/C19H29N3O4S/c1-27(23,24)22-6-4-16(5-7-22)13-20-8-10-21(11-9-20)14-17-2-3-18-19(12-17)26-15-25-18/h2-3,12,16H,4-11,13-15H2,1H3. The molecule has 0 saturated carbocycles. The second-order valence-electron chi connectivity index (χ2n) is 7.87. The molecule has 150 valence electrons. The predicted molar refractivity (Wildman–Crippen MR) is 103 cm³/mol. The van der Waals surface area contributed by atoms with E-state index in [2.05, 4.69) is 21.9 Å². The van der Waals surface area contributed by atoms with Crippen molar-refractivity contribution in [3.05, 3.63) is 23.8 Å². The molecule has 0 aromatic heterocycles.